The van der Waals surface area contributed by atoms with Gasteiger partial charge in [0, 0.05) is 25.6 Å². The molecule has 5 heteroatoms. The molecule has 1 aliphatic heterocycles. The van der Waals surface area contributed by atoms with Gasteiger partial charge >= 0.3 is 0 Å². The highest BCUT2D eigenvalue weighted by Gasteiger charge is 2.20. The van der Waals surface area contributed by atoms with Crippen molar-refractivity contribution in [2.24, 2.45) is 0 Å². The fourth-order valence-corrected chi connectivity index (χ4v) is 1.79. The second kappa shape index (κ2) is 6.48. The minimum absolute atomic E-state index is 0.0441. The summed E-state index contributed by atoms with van der Waals surface area (Å²) in [6.45, 7) is 2.73. The molecule has 5 nitrogen and oxygen atoms in total. The van der Waals surface area contributed by atoms with Gasteiger partial charge in [-0.15, -0.1) is 0 Å². The van der Waals surface area contributed by atoms with Crippen molar-refractivity contribution in [1.82, 2.24) is 10.2 Å². The molecule has 0 bridgehead atoms. The maximum Gasteiger partial charge on any atom is 0.239 e. The Labute approximate surface area is 95.8 Å². The number of carbonyl (C=O) groups excluding carboxylic acids is 2. The third-order valence-electron chi connectivity index (χ3n) is 2.73. The molecular weight excluding hydrogens is 208 g/mol. The molecule has 1 aliphatic rings. The molecule has 2 N–H and O–H groups in total. The van der Waals surface area contributed by atoms with Gasteiger partial charge in [0.2, 0.25) is 11.8 Å². The molecule has 0 aromatic heterocycles. The Hall–Kier alpha value is -1.10. The number of rotatable bonds is 5. The number of piperidine rings is 1. The minimum Gasteiger partial charge on any atom is -0.396 e. The van der Waals surface area contributed by atoms with Crippen molar-refractivity contribution in [2.45, 2.75) is 38.6 Å². The van der Waals surface area contributed by atoms with Crippen LogP contribution in [0.5, 0.6) is 0 Å². The summed E-state index contributed by atoms with van der Waals surface area (Å²) in [5.74, 6) is -0.0765. The molecule has 16 heavy (non-hydrogen) atoms. The Morgan fingerprint density at radius 3 is 2.94 bits per heavy atom. The first-order valence-corrected chi connectivity index (χ1v) is 5.81. The van der Waals surface area contributed by atoms with Crippen LogP contribution in [-0.2, 0) is 9.59 Å². The summed E-state index contributed by atoms with van der Waals surface area (Å²) < 4.78 is 0. The number of amides is 2. The first-order chi connectivity index (χ1) is 7.63. The Morgan fingerprint density at radius 1 is 1.56 bits per heavy atom. The Bertz CT molecular complexity index is 256. The van der Waals surface area contributed by atoms with E-state index in [1.54, 1.807) is 4.90 Å². The van der Waals surface area contributed by atoms with E-state index in [-0.39, 0.29) is 31.0 Å². The molecular formula is C11H20N2O3. The summed E-state index contributed by atoms with van der Waals surface area (Å²) in [6.07, 6.45) is 3.00. The number of hydrogen-bond acceptors (Lipinski definition) is 3. The number of aliphatic hydroxyl groups excluding tert-OH is 1. The van der Waals surface area contributed by atoms with Gasteiger partial charge in [-0.2, -0.15) is 0 Å². The van der Waals surface area contributed by atoms with E-state index in [2.05, 4.69) is 5.32 Å². The molecule has 1 saturated heterocycles. The van der Waals surface area contributed by atoms with Crippen LogP contribution in [0.15, 0.2) is 0 Å². The number of nitrogens with one attached hydrogen (secondary N) is 1. The predicted octanol–water partition coefficient (Wildman–Crippen LogP) is -0.114. The van der Waals surface area contributed by atoms with Crippen molar-refractivity contribution in [1.29, 1.82) is 0 Å². The number of nitrogens with zero attached hydrogens (tertiary/aromatic N) is 1. The van der Waals surface area contributed by atoms with Crippen LogP contribution in [0.25, 0.3) is 0 Å². The molecule has 0 aromatic carbocycles. The van der Waals surface area contributed by atoms with Crippen LogP contribution in [0.2, 0.25) is 0 Å². The van der Waals surface area contributed by atoms with Gasteiger partial charge in [-0.25, -0.2) is 0 Å². The maximum absolute atomic E-state index is 11.6. The van der Waals surface area contributed by atoms with Crippen molar-refractivity contribution in [3.8, 4) is 0 Å². The van der Waals surface area contributed by atoms with E-state index in [1.807, 2.05) is 6.92 Å². The van der Waals surface area contributed by atoms with Crippen molar-refractivity contribution in [3.63, 3.8) is 0 Å². The normalized spacial score (nSPS) is 18.4. The molecule has 1 unspecified atom stereocenters. The molecule has 0 radical (unpaired) electrons. The highest BCUT2D eigenvalue weighted by Crippen LogP contribution is 2.09. The third-order valence-corrected chi connectivity index (χ3v) is 2.73. The molecule has 92 valence electrons. The molecule has 0 aliphatic carbocycles. The molecule has 0 spiro atoms. The quantitative estimate of drug-likeness (QED) is 0.689. The molecule has 1 atom stereocenters. The van der Waals surface area contributed by atoms with Crippen molar-refractivity contribution >= 4 is 11.8 Å². The zero-order chi connectivity index (χ0) is 12.0. The van der Waals surface area contributed by atoms with E-state index >= 15 is 0 Å². The first-order valence-electron chi connectivity index (χ1n) is 5.81. The summed E-state index contributed by atoms with van der Waals surface area (Å²) in [5, 5.41) is 11.5. The maximum atomic E-state index is 11.6. The largest absolute Gasteiger partial charge is 0.396 e. The van der Waals surface area contributed by atoms with E-state index in [9.17, 15) is 9.59 Å². The summed E-state index contributed by atoms with van der Waals surface area (Å²) in [7, 11) is 0. The minimum atomic E-state index is -0.142. The number of aliphatic hydroxyl groups is 1. The average molecular weight is 228 g/mol. The van der Waals surface area contributed by atoms with Crippen LogP contribution >= 0.6 is 0 Å². The standard InChI is InChI=1S/C11H20N2O3/c1-9(5-7-14)12-10(15)8-13-6-3-2-4-11(13)16/h9,14H,2-8H2,1H3,(H,12,15). The molecule has 1 rings (SSSR count). The van der Waals surface area contributed by atoms with E-state index in [1.165, 1.54) is 0 Å². The van der Waals surface area contributed by atoms with Crippen LogP contribution < -0.4 is 5.32 Å². The highest BCUT2D eigenvalue weighted by molar-refractivity contribution is 5.85. The molecule has 0 saturated carbocycles. The van der Waals surface area contributed by atoms with Crippen LogP contribution in [0, 0.1) is 0 Å². The number of hydrogen-bond donors (Lipinski definition) is 2. The zero-order valence-electron chi connectivity index (χ0n) is 9.74. The first kappa shape index (κ1) is 13.0. The molecule has 2 amide bonds. The van der Waals surface area contributed by atoms with E-state index in [0.29, 0.717) is 19.4 Å². The number of likely N-dealkylation sites (tertiary alicyclic amines) is 1. The van der Waals surface area contributed by atoms with Gasteiger partial charge in [0.1, 0.15) is 0 Å². The van der Waals surface area contributed by atoms with Crippen molar-refractivity contribution < 1.29 is 14.7 Å². The lowest BCUT2D eigenvalue weighted by atomic mass is 10.1. The van der Waals surface area contributed by atoms with Gasteiger partial charge in [0.05, 0.1) is 6.54 Å². The summed E-state index contributed by atoms with van der Waals surface area (Å²) in [5.41, 5.74) is 0. The Balaban J connectivity index is 2.30. The molecule has 1 fully saturated rings. The lowest BCUT2D eigenvalue weighted by Gasteiger charge is -2.26. The fraction of sp³-hybridized carbons (Fsp3) is 0.818. The number of carbonyl (C=O) groups is 2. The van der Waals surface area contributed by atoms with Crippen LogP contribution in [-0.4, -0.2) is 47.6 Å². The summed E-state index contributed by atoms with van der Waals surface area (Å²) >= 11 is 0. The van der Waals surface area contributed by atoms with Gasteiger partial charge in [0.25, 0.3) is 0 Å². The smallest absolute Gasteiger partial charge is 0.239 e. The van der Waals surface area contributed by atoms with E-state index in [0.717, 1.165) is 12.8 Å². The second-order valence-electron chi connectivity index (χ2n) is 4.25. The SMILES string of the molecule is CC(CCO)NC(=O)CN1CCCCC1=O. The summed E-state index contributed by atoms with van der Waals surface area (Å²) in [4.78, 5) is 24.6. The lowest BCUT2D eigenvalue weighted by molar-refractivity contribution is -0.138. The Kier molecular flexibility index (Phi) is 5.25. The van der Waals surface area contributed by atoms with Gasteiger partial charge in [-0.3, -0.25) is 9.59 Å². The predicted molar refractivity (Wildman–Crippen MR) is 59.7 cm³/mol. The summed E-state index contributed by atoms with van der Waals surface area (Å²) in [6, 6.07) is -0.0441. The third kappa shape index (κ3) is 4.18. The second-order valence-corrected chi connectivity index (χ2v) is 4.25. The van der Waals surface area contributed by atoms with Gasteiger partial charge in [-0.05, 0) is 26.2 Å². The monoisotopic (exact) mass is 228 g/mol. The van der Waals surface area contributed by atoms with Crippen LogP contribution in [0.4, 0.5) is 0 Å². The van der Waals surface area contributed by atoms with E-state index < -0.39 is 0 Å². The topological polar surface area (TPSA) is 69.6 Å². The van der Waals surface area contributed by atoms with Gasteiger partial charge in [-0.1, -0.05) is 0 Å². The lowest BCUT2D eigenvalue weighted by Crippen LogP contribution is -2.45. The molecule has 0 aromatic rings. The Morgan fingerprint density at radius 2 is 2.31 bits per heavy atom. The molecule has 1 heterocycles. The zero-order valence-corrected chi connectivity index (χ0v) is 9.74. The van der Waals surface area contributed by atoms with Crippen molar-refractivity contribution in [2.75, 3.05) is 19.7 Å². The van der Waals surface area contributed by atoms with Gasteiger partial charge < -0.3 is 15.3 Å². The average Bonchev–Trinajstić information content (AvgIpc) is 2.21. The van der Waals surface area contributed by atoms with Crippen molar-refractivity contribution in [3.05, 3.63) is 0 Å². The highest BCUT2D eigenvalue weighted by atomic mass is 16.3. The van der Waals surface area contributed by atoms with Crippen LogP contribution in [0.1, 0.15) is 32.6 Å². The van der Waals surface area contributed by atoms with Crippen LogP contribution in [0.3, 0.4) is 0 Å². The van der Waals surface area contributed by atoms with Gasteiger partial charge in [0.15, 0.2) is 0 Å². The fourth-order valence-electron chi connectivity index (χ4n) is 1.79. The van der Waals surface area contributed by atoms with E-state index in [4.69, 9.17) is 5.11 Å².